The monoisotopic (exact) mass is 352 g/mol. The molecule has 0 bridgehead atoms. The van der Waals surface area contributed by atoms with Crippen LogP contribution in [0.25, 0.3) is 11.4 Å². The molecule has 0 saturated heterocycles. The summed E-state index contributed by atoms with van der Waals surface area (Å²) in [7, 11) is 0. The molecule has 0 fully saturated rings. The second-order valence-electron chi connectivity index (χ2n) is 5.02. The molecule has 1 aromatic heterocycles. The van der Waals surface area contributed by atoms with Crippen molar-refractivity contribution in [2.24, 2.45) is 5.92 Å². The molecule has 0 aliphatic carbocycles. The van der Waals surface area contributed by atoms with Crippen LogP contribution in [0.3, 0.4) is 0 Å². The van der Waals surface area contributed by atoms with Gasteiger partial charge in [-0.25, -0.2) is 4.68 Å². The molecule has 1 heterocycles. The van der Waals surface area contributed by atoms with Gasteiger partial charge in [-0.2, -0.15) is 0 Å². The summed E-state index contributed by atoms with van der Waals surface area (Å²) in [6.07, 6.45) is 0.885. The van der Waals surface area contributed by atoms with Gasteiger partial charge in [0.2, 0.25) is 0 Å². The van der Waals surface area contributed by atoms with Crippen molar-refractivity contribution in [1.82, 2.24) is 20.2 Å². The third-order valence-corrected chi connectivity index (χ3v) is 3.94. The van der Waals surface area contributed by atoms with Crippen LogP contribution in [0.2, 0.25) is 0 Å². The minimum absolute atomic E-state index is 0.0113. The van der Waals surface area contributed by atoms with E-state index in [1.165, 1.54) is 0 Å². The first kappa shape index (κ1) is 15.6. The number of nitrogens with zero attached hydrogens (tertiary/aromatic N) is 4. The van der Waals surface area contributed by atoms with Crippen LogP contribution in [0.4, 0.5) is 0 Å². The SMILES string of the molecule is CCC(CC(=O)O)Cn1nnnc1-c1cc(Br)ccc1C. The fourth-order valence-corrected chi connectivity index (χ4v) is 2.55. The number of hydrogen-bond donors (Lipinski definition) is 1. The van der Waals surface area contributed by atoms with Crippen LogP contribution in [0.5, 0.6) is 0 Å². The van der Waals surface area contributed by atoms with Gasteiger partial charge in [0, 0.05) is 23.0 Å². The summed E-state index contributed by atoms with van der Waals surface area (Å²) in [6, 6.07) is 5.93. The normalized spacial score (nSPS) is 12.3. The lowest BCUT2D eigenvalue weighted by molar-refractivity contribution is -0.138. The van der Waals surface area contributed by atoms with Gasteiger partial charge in [-0.1, -0.05) is 35.3 Å². The molecule has 1 atom stereocenters. The average Bonchev–Trinajstić information content (AvgIpc) is 2.88. The number of aliphatic carboxylic acids is 1. The molecule has 21 heavy (non-hydrogen) atoms. The maximum Gasteiger partial charge on any atom is 0.303 e. The van der Waals surface area contributed by atoms with Crippen LogP contribution in [0.1, 0.15) is 25.3 Å². The predicted octanol–water partition coefficient (Wildman–Crippen LogP) is 2.91. The molecule has 0 amide bonds. The van der Waals surface area contributed by atoms with Crippen molar-refractivity contribution >= 4 is 21.9 Å². The molecule has 0 aliphatic heterocycles. The molecule has 1 aromatic carbocycles. The van der Waals surface area contributed by atoms with E-state index in [0.29, 0.717) is 12.4 Å². The number of aromatic nitrogens is 4. The quantitative estimate of drug-likeness (QED) is 0.864. The highest BCUT2D eigenvalue weighted by Gasteiger charge is 2.17. The Kier molecular flexibility index (Phi) is 5.06. The van der Waals surface area contributed by atoms with Crippen molar-refractivity contribution in [3.05, 3.63) is 28.2 Å². The highest BCUT2D eigenvalue weighted by atomic mass is 79.9. The summed E-state index contributed by atoms with van der Waals surface area (Å²) >= 11 is 3.45. The highest BCUT2D eigenvalue weighted by Crippen LogP contribution is 2.25. The van der Waals surface area contributed by atoms with Crippen molar-refractivity contribution < 1.29 is 9.90 Å². The molecule has 0 radical (unpaired) electrons. The number of rotatable bonds is 6. The second-order valence-corrected chi connectivity index (χ2v) is 5.93. The van der Waals surface area contributed by atoms with E-state index in [1.807, 2.05) is 32.0 Å². The van der Waals surface area contributed by atoms with Crippen LogP contribution < -0.4 is 0 Å². The summed E-state index contributed by atoms with van der Waals surface area (Å²) in [5.41, 5.74) is 2.01. The molecule has 2 aromatic rings. The summed E-state index contributed by atoms with van der Waals surface area (Å²) in [5, 5.41) is 20.8. The molecule has 0 saturated carbocycles. The Balaban J connectivity index is 2.30. The Labute approximate surface area is 131 Å². The van der Waals surface area contributed by atoms with Gasteiger partial charge in [-0.05, 0) is 41.0 Å². The van der Waals surface area contributed by atoms with Crippen LogP contribution >= 0.6 is 15.9 Å². The van der Waals surface area contributed by atoms with Crippen molar-refractivity contribution in [2.75, 3.05) is 0 Å². The van der Waals surface area contributed by atoms with E-state index in [1.54, 1.807) is 4.68 Å². The van der Waals surface area contributed by atoms with Gasteiger partial charge in [0.1, 0.15) is 0 Å². The van der Waals surface area contributed by atoms with E-state index in [4.69, 9.17) is 5.11 Å². The van der Waals surface area contributed by atoms with Gasteiger partial charge in [-0.15, -0.1) is 5.10 Å². The van der Waals surface area contributed by atoms with E-state index in [2.05, 4.69) is 31.5 Å². The molecular formula is C14H17BrN4O2. The second kappa shape index (κ2) is 6.80. The lowest BCUT2D eigenvalue weighted by Gasteiger charge is -2.14. The fraction of sp³-hybridized carbons (Fsp3) is 0.429. The number of aryl methyl sites for hydroxylation is 1. The van der Waals surface area contributed by atoms with Crippen LogP contribution in [-0.2, 0) is 11.3 Å². The summed E-state index contributed by atoms with van der Waals surface area (Å²) < 4.78 is 2.64. The minimum atomic E-state index is -0.796. The number of carbonyl (C=O) groups is 1. The van der Waals surface area contributed by atoms with Gasteiger partial charge in [0.15, 0.2) is 5.82 Å². The number of carboxylic acid groups (broad SMARTS) is 1. The van der Waals surface area contributed by atoms with Crippen molar-refractivity contribution in [3.63, 3.8) is 0 Å². The molecule has 0 aliphatic rings. The van der Waals surface area contributed by atoms with Gasteiger partial charge in [0.25, 0.3) is 0 Å². The van der Waals surface area contributed by atoms with E-state index in [-0.39, 0.29) is 12.3 Å². The largest absolute Gasteiger partial charge is 0.481 e. The van der Waals surface area contributed by atoms with E-state index in [0.717, 1.165) is 22.0 Å². The maximum absolute atomic E-state index is 10.9. The third kappa shape index (κ3) is 3.87. The van der Waals surface area contributed by atoms with Crippen molar-refractivity contribution in [1.29, 1.82) is 0 Å². The van der Waals surface area contributed by atoms with E-state index in [9.17, 15) is 4.79 Å². The standard InChI is InChI=1S/C14H17BrN4O2/c1-3-10(6-13(20)21)8-19-14(16-17-18-19)12-7-11(15)5-4-9(12)2/h4-5,7,10H,3,6,8H2,1-2H3,(H,20,21). The topological polar surface area (TPSA) is 80.9 Å². The smallest absolute Gasteiger partial charge is 0.303 e. The average molecular weight is 353 g/mol. The molecule has 6 nitrogen and oxygen atoms in total. The zero-order valence-corrected chi connectivity index (χ0v) is 13.5. The summed E-state index contributed by atoms with van der Waals surface area (Å²) in [6.45, 7) is 4.47. The first-order valence-electron chi connectivity index (χ1n) is 6.75. The number of carboxylic acids is 1. The minimum Gasteiger partial charge on any atom is -0.481 e. The zero-order valence-electron chi connectivity index (χ0n) is 12.0. The van der Waals surface area contributed by atoms with Crippen LogP contribution in [0, 0.1) is 12.8 Å². The third-order valence-electron chi connectivity index (χ3n) is 3.44. The number of halogens is 1. The zero-order chi connectivity index (χ0) is 15.4. The molecule has 1 N–H and O–H groups in total. The molecule has 1 unspecified atom stereocenters. The first-order chi connectivity index (χ1) is 10.0. The maximum atomic E-state index is 10.9. The summed E-state index contributed by atoms with van der Waals surface area (Å²) in [5.74, 6) is -0.120. The number of tetrazole rings is 1. The molecular weight excluding hydrogens is 336 g/mol. The number of hydrogen-bond acceptors (Lipinski definition) is 4. The lowest BCUT2D eigenvalue weighted by Crippen LogP contribution is -2.16. The lowest BCUT2D eigenvalue weighted by atomic mass is 10.0. The van der Waals surface area contributed by atoms with Gasteiger partial charge >= 0.3 is 5.97 Å². The molecule has 0 spiro atoms. The van der Waals surface area contributed by atoms with Crippen molar-refractivity contribution in [3.8, 4) is 11.4 Å². The Bertz CT molecular complexity index is 642. The van der Waals surface area contributed by atoms with E-state index >= 15 is 0 Å². The highest BCUT2D eigenvalue weighted by molar-refractivity contribution is 9.10. The van der Waals surface area contributed by atoms with Crippen LogP contribution in [0.15, 0.2) is 22.7 Å². The molecule has 7 heteroatoms. The Morgan fingerprint density at radius 1 is 1.48 bits per heavy atom. The first-order valence-corrected chi connectivity index (χ1v) is 7.55. The van der Waals surface area contributed by atoms with Crippen molar-refractivity contribution in [2.45, 2.75) is 33.2 Å². The van der Waals surface area contributed by atoms with E-state index < -0.39 is 5.97 Å². The van der Waals surface area contributed by atoms with Crippen LogP contribution in [-0.4, -0.2) is 31.3 Å². The summed E-state index contributed by atoms with van der Waals surface area (Å²) in [4.78, 5) is 10.9. The van der Waals surface area contributed by atoms with Gasteiger partial charge in [-0.3, -0.25) is 4.79 Å². The van der Waals surface area contributed by atoms with Gasteiger partial charge in [0.05, 0.1) is 0 Å². The predicted molar refractivity (Wildman–Crippen MR) is 81.7 cm³/mol. The Morgan fingerprint density at radius 3 is 2.90 bits per heavy atom. The molecule has 112 valence electrons. The fourth-order valence-electron chi connectivity index (χ4n) is 2.19. The Morgan fingerprint density at radius 2 is 2.24 bits per heavy atom. The Hall–Kier alpha value is -1.76. The number of benzene rings is 1. The molecule has 2 rings (SSSR count). The van der Waals surface area contributed by atoms with Gasteiger partial charge < -0.3 is 5.11 Å².